The van der Waals surface area contributed by atoms with Gasteiger partial charge in [0.1, 0.15) is 12.0 Å². The van der Waals surface area contributed by atoms with E-state index >= 15 is 0 Å². The first-order valence-corrected chi connectivity index (χ1v) is 7.05. The van der Waals surface area contributed by atoms with Gasteiger partial charge >= 0.3 is 5.97 Å². The van der Waals surface area contributed by atoms with E-state index in [1.54, 1.807) is 0 Å². The number of carbonyl (C=O) groups excluding carboxylic acids is 2. The molecule has 3 nitrogen and oxygen atoms in total. The molecule has 0 aliphatic carbocycles. The largest absolute Gasteiger partial charge is 0.461 e. The van der Waals surface area contributed by atoms with E-state index in [2.05, 4.69) is 0 Å². The van der Waals surface area contributed by atoms with Crippen LogP contribution in [0.25, 0.3) is 0 Å². The predicted octanol–water partition coefficient (Wildman–Crippen LogP) is 3.05. The minimum absolute atomic E-state index is 0.102. The zero-order valence-electron chi connectivity index (χ0n) is 12.1. The molecular formula is C16H18F2O3. The molecule has 1 aromatic rings. The third-order valence-corrected chi connectivity index (χ3v) is 3.79. The van der Waals surface area contributed by atoms with Gasteiger partial charge in [-0.25, -0.2) is 8.78 Å². The topological polar surface area (TPSA) is 43.4 Å². The van der Waals surface area contributed by atoms with Gasteiger partial charge in [-0.15, -0.1) is 0 Å². The van der Waals surface area contributed by atoms with Crippen LogP contribution in [0.15, 0.2) is 18.2 Å². The molecule has 1 aromatic carbocycles. The summed E-state index contributed by atoms with van der Waals surface area (Å²) in [6.45, 7) is 3.79. The van der Waals surface area contributed by atoms with Crippen molar-refractivity contribution in [3.63, 3.8) is 0 Å². The van der Waals surface area contributed by atoms with Gasteiger partial charge < -0.3 is 4.74 Å². The number of hydrogen-bond donors (Lipinski definition) is 0. The number of esters is 1. The minimum atomic E-state index is -0.926. The van der Waals surface area contributed by atoms with Gasteiger partial charge in [-0.2, -0.15) is 0 Å². The number of Topliss-reactive ketones (excluding diaryl/α,β-unsaturated/α-hetero) is 1. The molecule has 0 radical (unpaired) electrons. The smallest absolute Gasteiger partial charge is 0.316 e. The highest BCUT2D eigenvalue weighted by Gasteiger charge is 2.37. The first-order chi connectivity index (χ1) is 9.88. The van der Waals surface area contributed by atoms with Crippen LogP contribution in [0.4, 0.5) is 8.78 Å². The molecular weight excluding hydrogens is 278 g/mol. The number of cyclic esters (lactones) is 1. The van der Waals surface area contributed by atoms with Crippen molar-refractivity contribution < 1.29 is 23.1 Å². The minimum Gasteiger partial charge on any atom is -0.461 e. The monoisotopic (exact) mass is 296 g/mol. The first-order valence-electron chi connectivity index (χ1n) is 7.05. The Balaban J connectivity index is 1.98. The number of hydrogen-bond acceptors (Lipinski definition) is 3. The predicted molar refractivity (Wildman–Crippen MR) is 72.5 cm³/mol. The Hall–Kier alpha value is -1.78. The summed E-state index contributed by atoms with van der Waals surface area (Å²) in [6, 6.07) is 3.58. The van der Waals surface area contributed by atoms with E-state index < -0.39 is 23.5 Å². The van der Waals surface area contributed by atoms with Crippen LogP contribution in [0.5, 0.6) is 0 Å². The molecule has 1 fully saturated rings. The Labute approximate surface area is 122 Å². The third-order valence-electron chi connectivity index (χ3n) is 3.79. The van der Waals surface area contributed by atoms with Crippen molar-refractivity contribution in [1.29, 1.82) is 0 Å². The van der Waals surface area contributed by atoms with E-state index in [9.17, 15) is 18.4 Å². The van der Waals surface area contributed by atoms with Crippen LogP contribution in [0.2, 0.25) is 0 Å². The highest BCUT2D eigenvalue weighted by atomic mass is 19.2. The number of ketones is 1. The van der Waals surface area contributed by atoms with Crippen molar-refractivity contribution in [2.75, 3.05) is 0 Å². The van der Waals surface area contributed by atoms with E-state index in [0.717, 1.165) is 12.1 Å². The third kappa shape index (κ3) is 3.65. The summed E-state index contributed by atoms with van der Waals surface area (Å²) in [4.78, 5) is 23.9. The van der Waals surface area contributed by atoms with Gasteiger partial charge in [-0.1, -0.05) is 19.9 Å². The van der Waals surface area contributed by atoms with Gasteiger partial charge in [-0.3, -0.25) is 9.59 Å². The summed E-state index contributed by atoms with van der Waals surface area (Å²) in [6.07, 6.45) is 0.457. The average Bonchev–Trinajstić information content (AvgIpc) is 2.41. The summed E-state index contributed by atoms with van der Waals surface area (Å²) in [7, 11) is 0. The molecule has 5 heteroatoms. The molecule has 0 spiro atoms. The molecule has 2 rings (SSSR count). The second-order valence-electron chi connectivity index (χ2n) is 5.73. The van der Waals surface area contributed by atoms with Crippen LogP contribution in [-0.2, 0) is 20.7 Å². The highest BCUT2D eigenvalue weighted by Crippen LogP contribution is 2.25. The van der Waals surface area contributed by atoms with Gasteiger partial charge in [-0.05, 0) is 36.5 Å². The first kappa shape index (κ1) is 15.6. The Kier molecular flexibility index (Phi) is 4.70. The van der Waals surface area contributed by atoms with E-state index in [1.807, 2.05) is 13.8 Å². The maximum atomic E-state index is 13.1. The Morgan fingerprint density at radius 3 is 2.52 bits per heavy atom. The molecule has 0 N–H and O–H groups in total. The lowest BCUT2D eigenvalue weighted by Gasteiger charge is -2.29. The van der Waals surface area contributed by atoms with Crippen molar-refractivity contribution in [2.45, 2.75) is 39.2 Å². The average molecular weight is 296 g/mol. The quantitative estimate of drug-likeness (QED) is 0.633. The van der Waals surface area contributed by atoms with E-state index in [1.165, 1.54) is 6.07 Å². The Bertz CT molecular complexity index is 536. The number of carbonyl (C=O) groups is 2. The fraction of sp³-hybridized carbons (Fsp3) is 0.500. The lowest BCUT2D eigenvalue weighted by Crippen LogP contribution is -2.40. The Morgan fingerprint density at radius 1 is 1.24 bits per heavy atom. The molecule has 21 heavy (non-hydrogen) atoms. The molecule has 1 saturated heterocycles. The number of benzene rings is 1. The van der Waals surface area contributed by atoms with Crippen LogP contribution >= 0.6 is 0 Å². The number of ether oxygens (including phenoxy) is 1. The van der Waals surface area contributed by atoms with Crippen LogP contribution in [0, 0.1) is 23.5 Å². The second-order valence-corrected chi connectivity index (χ2v) is 5.73. The zero-order chi connectivity index (χ0) is 15.6. The molecule has 0 saturated carbocycles. The SMILES string of the molecule is CC(C)C1CC(=O)C(CCc2ccc(F)c(F)c2)C(=O)O1. The van der Waals surface area contributed by atoms with E-state index in [4.69, 9.17) is 4.74 Å². The van der Waals surface area contributed by atoms with E-state index in [-0.39, 0.29) is 30.6 Å². The lowest BCUT2D eigenvalue weighted by molar-refractivity contribution is -0.167. The fourth-order valence-corrected chi connectivity index (χ4v) is 2.40. The van der Waals surface area contributed by atoms with Crippen molar-refractivity contribution >= 4 is 11.8 Å². The fourth-order valence-electron chi connectivity index (χ4n) is 2.40. The summed E-state index contributed by atoms with van der Waals surface area (Å²) >= 11 is 0. The Morgan fingerprint density at radius 2 is 1.95 bits per heavy atom. The van der Waals surface area contributed by atoms with Gasteiger partial charge in [0.2, 0.25) is 0 Å². The van der Waals surface area contributed by atoms with Crippen molar-refractivity contribution in [3.8, 4) is 0 Å². The van der Waals surface area contributed by atoms with Crippen molar-refractivity contribution in [1.82, 2.24) is 0 Å². The van der Waals surface area contributed by atoms with Crippen molar-refractivity contribution in [3.05, 3.63) is 35.4 Å². The summed E-state index contributed by atoms with van der Waals surface area (Å²) in [5.41, 5.74) is 0.556. The molecule has 0 bridgehead atoms. The highest BCUT2D eigenvalue weighted by molar-refractivity contribution is 6.01. The molecule has 2 atom stereocenters. The van der Waals surface area contributed by atoms with Crippen LogP contribution in [0.3, 0.4) is 0 Å². The molecule has 1 aliphatic rings. The molecule has 1 heterocycles. The molecule has 1 aliphatic heterocycles. The summed E-state index contributed by atoms with van der Waals surface area (Å²) < 4.78 is 31.2. The van der Waals surface area contributed by atoms with Gasteiger partial charge in [0.05, 0.1) is 0 Å². The molecule has 2 unspecified atom stereocenters. The standard InChI is InChI=1S/C16H18F2O3/c1-9(2)15-8-14(19)11(16(20)21-15)5-3-10-4-6-12(17)13(18)7-10/h4,6-7,9,11,15H,3,5,8H2,1-2H3. The van der Waals surface area contributed by atoms with Crippen LogP contribution in [0.1, 0.15) is 32.3 Å². The second kappa shape index (κ2) is 6.33. The maximum absolute atomic E-state index is 13.1. The normalized spacial score (nSPS) is 22.5. The van der Waals surface area contributed by atoms with E-state index in [0.29, 0.717) is 12.0 Å². The number of rotatable bonds is 4. The molecule has 114 valence electrons. The number of aryl methyl sites for hydroxylation is 1. The molecule has 0 amide bonds. The van der Waals surface area contributed by atoms with Gasteiger partial charge in [0.15, 0.2) is 17.4 Å². The van der Waals surface area contributed by atoms with Crippen LogP contribution < -0.4 is 0 Å². The zero-order valence-corrected chi connectivity index (χ0v) is 12.1. The number of halogens is 2. The van der Waals surface area contributed by atoms with Gasteiger partial charge in [0, 0.05) is 6.42 Å². The molecule has 0 aromatic heterocycles. The van der Waals surface area contributed by atoms with Gasteiger partial charge in [0.25, 0.3) is 0 Å². The lowest BCUT2D eigenvalue weighted by atomic mass is 9.87. The summed E-state index contributed by atoms with van der Waals surface area (Å²) in [5, 5.41) is 0. The van der Waals surface area contributed by atoms with Crippen molar-refractivity contribution in [2.24, 2.45) is 11.8 Å². The van der Waals surface area contributed by atoms with Crippen LogP contribution in [-0.4, -0.2) is 17.9 Å². The maximum Gasteiger partial charge on any atom is 0.316 e. The summed E-state index contributed by atoms with van der Waals surface area (Å²) in [5.74, 6) is -3.17.